The number of aromatic nitrogens is 1. The molecule has 3 N–H and O–H groups in total. The van der Waals surface area contributed by atoms with Crippen LogP contribution in [0.4, 0.5) is 8.78 Å². The highest BCUT2D eigenvalue weighted by atomic mass is 32.1. The molecule has 0 saturated heterocycles. The Morgan fingerprint density at radius 3 is 2.88 bits per heavy atom. The molecule has 2 aromatic rings. The summed E-state index contributed by atoms with van der Waals surface area (Å²) >= 11 is 1.16. The fourth-order valence-corrected chi connectivity index (χ4v) is 2.18. The molecule has 1 aromatic carbocycles. The lowest BCUT2D eigenvalue weighted by atomic mass is 10.1. The summed E-state index contributed by atoms with van der Waals surface area (Å²) in [6, 6.07) is 3.16. The van der Waals surface area contributed by atoms with Crippen molar-refractivity contribution in [2.45, 2.75) is 6.10 Å². The molecule has 2 rings (SSSR count). The number of halogens is 2. The summed E-state index contributed by atoms with van der Waals surface area (Å²) in [6.45, 7) is 0.0403. The summed E-state index contributed by atoms with van der Waals surface area (Å²) in [7, 11) is 0. The lowest BCUT2D eigenvalue weighted by Gasteiger charge is -2.02. The molecule has 0 amide bonds. The van der Waals surface area contributed by atoms with Crippen molar-refractivity contribution in [1.82, 2.24) is 4.98 Å². The molecule has 0 fully saturated rings. The van der Waals surface area contributed by atoms with Crippen LogP contribution in [0, 0.1) is 11.6 Å². The molecular weight excluding hydrogens is 246 g/mol. The number of rotatable bonds is 3. The van der Waals surface area contributed by atoms with Crippen LogP contribution >= 0.6 is 11.3 Å². The van der Waals surface area contributed by atoms with Crippen molar-refractivity contribution in [3.63, 3.8) is 0 Å². The Morgan fingerprint density at radius 1 is 1.41 bits per heavy atom. The molecule has 90 valence electrons. The zero-order valence-electron chi connectivity index (χ0n) is 8.73. The number of hydrogen-bond acceptors (Lipinski definition) is 4. The first kappa shape index (κ1) is 12.1. The van der Waals surface area contributed by atoms with Gasteiger partial charge in [-0.25, -0.2) is 13.8 Å². The summed E-state index contributed by atoms with van der Waals surface area (Å²) < 4.78 is 26.5. The molecule has 0 saturated carbocycles. The molecular formula is C11H10F2N2OS. The third-order valence-electron chi connectivity index (χ3n) is 2.23. The molecule has 0 aliphatic heterocycles. The van der Waals surface area contributed by atoms with E-state index in [0.29, 0.717) is 10.7 Å². The number of hydrogen-bond donors (Lipinski definition) is 2. The van der Waals surface area contributed by atoms with Crippen LogP contribution in [-0.4, -0.2) is 16.6 Å². The van der Waals surface area contributed by atoms with Crippen molar-refractivity contribution in [1.29, 1.82) is 0 Å². The predicted octanol–water partition coefficient (Wildman–Crippen LogP) is 2.08. The zero-order valence-corrected chi connectivity index (χ0v) is 9.55. The van der Waals surface area contributed by atoms with Crippen molar-refractivity contribution in [3.05, 3.63) is 40.2 Å². The van der Waals surface area contributed by atoms with E-state index in [1.807, 2.05) is 0 Å². The molecule has 0 radical (unpaired) electrons. The fraction of sp³-hybridized carbons (Fsp3) is 0.182. The second kappa shape index (κ2) is 4.87. The number of aliphatic hydroxyl groups excluding tert-OH is 1. The van der Waals surface area contributed by atoms with Gasteiger partial charge in [-0.3, -0.25) is 0 Å². The minimum Gasteiger partial charge on any atom is -0.385 e. The average molecular weight is 256 g/mol. The van der Waals surface area contributed by atoms with Gasteiger partial charge in [0.1, 0.15) is 22.7 Å². The molecule has 6 heteroatoms. The van der Waals surface area contributed by atoms with Crippen LogP contribution in [0.25, 0.3) is 11.3 Å². The van der Waals surface area contributed by atoms with E-state index in [2.05, 4.69) is 4.98 Å². The maximum absolute atomic E-state index is 13.5. The van der Waals surface area contributed by atoms with Crippen molar-refractivity contribution < 1.29 is 13.9 Å². The first-order valence-electron chi connectivity index (χ1n) is 4.91. The van der Waals surface area contributed by atoms with Gasteiger partial charge in [-0.05, 0) is 18.2 Å². The molecule has 0 spiro atoms. The van der Waals surface area contributed by atoms with Crippen molar-refractivity contribution >= 4 is 11.3 Å². The topological polar surface area (TPSA) is 59.1 Å². The standard InChI is InChI=1S/C11H10F2N2OS/c12-6-1-2-8(13)7(3-6)9-5-17-11(15-9)10(16)4-14/h1-3,5,10,16H,4,14H2. The summed E-state index contributed by atoms with van der Waals surface area (Å²) in [4.78, 5) is 4.04. The minimum atomic E-state index is -0.870. The minimum absolute atomic E-state index is 0.0403. The van der Waals surface area contributed by atoms with E-state index in [-0.39, 0.29) is 12.1 Å². The molecule has 1 atom stereocenters. The third kappa shape index (κ3) is 2.49. The Labute approximate surface area is 101 Å². The number of aliphatic hydroxyl groups is 1. The van der Waals surface area contributed by atoms with Crippen LogP contribution in [-0.2, 0) is 0 Å². The van der Waals surface area contributed by atoms with Crippen LogP contribution in [0.15, 0.2) is 23.6 Å². The Morgan fingerprint density at radius 2 is 2.18 bits per heavy atom. The summed E-state index contributed by atoms with van der Waals surface area (Å²) in [5.74, 6) is -1.08. The SMILES string of the molecule is NCC(O)c1nc(-c2cc(F)ccc2F)cs1. The van der Waals surface area contributed by atoms with E-state index in [4.69, 9.17) is 5.73 Å². The zero-order chi connectivity index (χ0) is 12.4. The maximum atomic E-state index is 13.5. The smallest absolute Gasteiger partial charge is 0.132 e. The van der Waals surface area contributed by atoms with Gasteiger partial charge in [-0.15, -0.1) is 11.3 Å². The molecule has 17 heavy (non-hydrogen) atoms. The lowest BCUT2D eigenvalue weighted by molar-refractivity contribution is 0.186. The van der Waals surface area contributed by atoms with Gasteiger partial charge in [0.2, 0.25) is 0 Å². The van der Waals surface area contributed by atoms with E-state index < -0.39 is 17.7 Å². The second-order valence-electron chi connectivity index (χ2n) is 3.45. The fourth-order valence-electron chi connectivity index (χ4n) is 1.36. The monoisotopic (exact) mass is 256 g/mol. The molecule has 3 nitrogen and oxygen atoms in total. The largest absolute Gasteiger partial charge is 0.385 e. The van der Waals surface area contributed by atoms with Crippen LogP contribution < -0.4 is 5.73 Å². The van der Waals surface area contributed by atoms with E-state index in [0.717, 1.165) is 29.5 Å². The van der Waals surface area contributed by atoms with Crippen LogP contribution in [0.5, 0.6) is 0 Å². The molecule has 1 unspecified atom stereocenters. The van der Waals surface area contributed by atoms with E-state index in [1.54, 1.807) is 5.38 Å². The highest BCUT2D eigenvalue weighted by Crippen LogP contribution is 2.27. The predicted molar refractivity (Wildman–Crippen MR) is 61.5 cm³/mol. The molecule has 1 heterocycles. The van der Waals surface area contributed by atoms with E-state index in [1.165, 1.54) is 0 Å². The Hall–Kier alpha value is -1.37. The molecule has 0 aliphatic rings. The summed E-state index contributed by atoms with van der Waals surface area (Å²) in [5.41, 5.74) is 5.67. The second-order valence-corrected chi connectivity index (χ2v) is 4.34. The highest BCUT2D eigenvalue weighted by molar-refractivity contribution is 7.10. The number of benzene rings is 1. The molecule has 1 aromatic heterocycles. The first-order chi connectivity index (χ1) is 8.11. The quantitative estimate of drug-likeness (QED) is 0.884. The molecule has 0 bridgehead atoms. The van der Waals surface area contributed by atoms with Gasteiger partial charge in [0.25, 0.3) is 0 Å². The van der Waals surface area contributed by atoms with E-state index in [9.17, 15) is 13.9 Å². The normalized spacial score (nSPS) is 12.7. The van der Waals surface area contributed by atoms with Gasteiger partial charge in [0.05, 0.1) is 5.69 Å². The van der Waals surface area contributed by atoms with E-state index >= 15 is 0 Å². The van der Waals surface area contributed by atoms with Gasteiger partial charge >= 0.3 is 0 Å². The summed E-state index contributed by atoms with van der Waals surface area (Å²) in [6.07, 6.45) is -0.870. The van der Waals surface area contributed by atoms with Crippen molar-refractivity contribution in [2.24, 2.45) is 5.73 Å². The third-order valence-corrected chi connectivity index (χ3v) is 3.18. The lowest BCUT2D eigenvalue weighted by Crippen LogP contribution is -2.11. The average Bonchev–Trinajstić information content (AvgIpc) is 2.80. The van der Waals surface area contributed by atoms with Gasteiger partial charge < -0.3 is 10.8 Å². The Kier molecular flexibility index (Phi) is 3.46. The number of nitrogens with zero attached hydrogens (tertiary/aromatic N) is 1. The Bertz CT molecular complexity index is 530. The highest BCUT2D eigenvalue weighted by Gasteiger charge is 2.14. The first-order valence-corrected chi connectivity index (χ1v) is 5.78. The number of thiazole rings is 1. The van der Waals surface area contributed by atoms with Crippen LogP contribution in [0.3, 0.4) is 0 Å². The number of nitrogens with two attached hydrogens (primary N) is 1. The van der Waals surface area contributed by atoms with Gasteiger partial charge in [0, 0.05) is 17.5 Å². The van der Waals surface area contributed by atoms with Crippen LogP contribution in [0.1, 0.15) is 11.1 Å². The van der Waals surface area contributed by atoms with Crippen molar-refractivity contribution in [3.8, 4) is 11.3 Å². The van der Waals surface area contributed by atoms with Gasteiger partial charge in [0.15, 0.2) is 0 Å². The van der Waals surface area contributed by atoms with Crippen LogP contribution in [0.2, 0.25) is 0 Å². The summed E-state index contributed by atoms with van der Waals surface area (Å²) in [5, 5.41) is 11.4. The molecule has 0 aliphatic carbocycles. The maximum Gasteiger partial charge on any atom is 0.132 e. The van der Waals surface area contributed by atoms with Gasteiger partial charge in [-0.2, -0.15) is 0 Å². The Balaban J connectivity index is 2.40. The van der Waals surface area contributed by atoms with Gasteiger partial charge in [-0.1, -0.05) is 0 Å². The van der Waals surface area contributed by atoms with Crippen molar-refractivity contribution in [2.75, 3.05) is 6.54 Å².